The Morgan fingerprint density at radius 1 is 0.421 bits per heavy atom. The molecule has 0 fully saturated rings. The highest BCUT2D eigenvalue weighted by Crippen LogP contribution is 2.63. The molecule has 0 saturated carbocycles. The number of para-hydroxylation sites is 3. The molecule has 0 bridgehead atoms. The number of fused-ring (bicyclic) bond motifs is 12. The maximum atomic E-state index is 5.44. The number of rotatable bonds is 4. The second-order valence-electron chi connectivity index (χ2n) is 14.7. The summed E-state index contributed by atoms with van der Waals surface area (Å²) in [4.78, 5) is 7.86. The fourth-order valence-electron chi connectivity index (χ4n) is 9.47. The number of nitrogens with zero attached hydrogens (tertiary/aromatic N) is 4. The van der Waals surface area contributed by atoms with Gasteiger partial charge in [-0.1, -0.05) is 152 Å². The van der Waals surface area contributed by atoms with E-state index >= 15 is 0 Å². The van der Waals surface area contributed by atoms with Crippen LogP contribution in [0.2, 0.25) is 0 Å². The highest BCUT2D eigenvalue weighted by molar-refractivity contribution is 7.26. The van der Waals surface area contributed by atoms with Crippen LogP contribution in [-0.4, -0.2) is 15.2 Å². The Labute approximate surface area is 334 Å². The fourth-order valence-corrected chi connectivity index (χ4v) is 10.7. The molecule has 0 radical (unpaired) electrons. The minimum absolute atomic E-state index is 0.531. The third-order valence-electron chi connectivity index (χ3n) is 11.8. The zero-order valence-corrected chi connectivity index (χ0v) is 31.5. The molecule has 1 spiro atoms. The molecule has 0 unspecified atom stereocenters. The van der Waals surface area contributed by atoms with E-state index in [2.05, 4.69) is 181 Å². The lowest BCUT2D eigenvalue weighted by atomic mass is 9.64. The summed E-state index contributed by atoms with van der Waals surface area (Å²) in [6, 6.07) is 69.8. The van der Waals surface area contributed by atoms with Crippen LogP contribution in [0.15, 0.2) is 194 Å². The zero-order chi connectivity index (χ0) is 37.5. The van der Waals surface area contributed by atoms with Gasteiger partial charge in [0.15, 0.2) is 5.82 Å². The van der Waals surface area contributed by atoms with Crippen molar-refractivity contribution < 1.29 is 0 Å². The van der Waals surface area contributed by atoms with Crippen LogP contribution >= 0.6 is 11.3 Å². The van der Waals surface area contributed by atoms with E-state index < -0.39 is 5.41 Å². The molecule has 3 heterocycles. The smallest absolute Gasteiger partial charge is 0.183 e. The Kier molecular flexibility index (Phi) is 6.98. The molecule has 10 aromatic rings. The van der Waals surface area contributed by atoms with Crippen LogP contribution in [0.5, 0.6) is 0 Å². The van der Waals surface area contributed by atoms with Crippen molar-refractivity contribution in [3.63, 3.8) is 0 Å². The average Bonchev–Trinajstić information content (AvgIpc) is 3.81. The summed E-state index contributed by atoms with van der Waals surface area (Å²) in [6.07, 6.45) is 0. The van der Waals surface area contributed by atoms with Crippen molar-refractivity contribution in [1.29, 1.82) is 0 Å². The van der Waals surface area contributed by atoms with Gasteiger partial charge < -0.3 is 4.90 Å². The molecular formula is C52H32N4S. The van der Waals surface area contributed by atoms with E-state index in [9.17, 15) is 0 Å². The predicted molar refractivity (Wildman–Crippen MR) is 235 cm³/mol. The van der Waals surface area contributed by atoms with Crippen LogP contribution < -0.4 is 4.90 Å². The number of anilines is 3. The molecule has 4 nitrogen and oxygen atoms in total. The van der Waals surface area contributed by atoms with Gasteiger partial charge in [0.05, 0.1) is 16.8 Å². The molecule has 266 valence electrons. The molecule has 2 aromatic heterocycles. The van der Waals surface area contributed by atoms with E-state index in [4.69, 9.17) is 15.2 Å². The van der Waals surface area contributed by atoms with Gasteiger partial charge in [-0.3, -0.25) is 0 Å². The molecule has 0 saturated heterocycles. The summed E-state index contributed by atoms with van der Waals surface area (Å²) in [5.41, 5.74) is 15.0. The molecule has 2 aliphatic rings. The highest BCUT2D eigenvalue weighted by Gasteiger charge is 2.51. The second kappa shape index (κ2) is 12.4. The average molecular weight is 745 g/mol. The minimum Gasteiger partial charge on any atom is -0.310 e. The zero-order valence-electron chi connectivity index (χ0n) is 30.7. The Morgan fingerprint density at radius 3 is 1.82 bits per heavy atom. The van der Waals surface area contributed by atoms with Gasteiger partial charge >= 0.3 is 0 Å². The first-order chi connectivity index (χ1) is 28.3. The van der Waals surface area contributed by atoms with Gasteiger partial charge in [-0.2, -0.15) is 0 Å². The highest BCUT2D eigenvalue weighted by atomic mass is 32.1. The number of thiophene rings is 1. The quantitative estimate of drug-likeness (QED) is 0.180. The number of aromatic nitrogens is 3. The largest absolute Gasteiger partial charge is 0.310 e. The standard InChI is InChI=1S/C52H32N4S/c1-3-16-33(17-4-1)49-48(53-51(55-54-49)39-23-15-22-38-37-21-8-14-29-47(37)57-50(38)39)34-30-31-42-40(32-34)36-20-7-9-24-41(36)52(42)43-25-10-12-27-45(43)56(35-18-5-2-6-19-35)46-28-13-11-26-44(46)52/h1-32H. The van der Waals surface area contributed by atoms with Crippen LogP contribution in [0.1, 0.15) is 22.3 Å². The maximum Gasteiger partial charge on any atom is 0.183 e. The summed E-state index contributed by atoms with van der Waals surface area (Å²) in [6.45, 7) is 0. The van der Waals surface area contributed by atoms with Crippen molar-refractivity contribution in [3.05, 3.63) is 216 Å². The third-order valence-corrected chi connectivity index (χ3v) is 13.0. The molecule has 57 heavy (non-hydrogen) atoms. The maximum absolute atomic E-state index is 5.44. The Hall–Kier alpha value is -7.21. The molecule has 0 atom stereocenters. The van der Waals surface area contributed by atoms with Crippen molar-refractivity contribution in [2.24, 2.45) is 0 Å². The van der Waals surface area contributed by atoms with Gasteiger partial charge in [0.2, 0.25) is 0 Å². The molecular weight excluding hydrogens is 713 g/mol. The fraction of sp³-hybridized carbons (Fsp3) is 0.0192. The molecule has 1 aliphatic carbocycles. The topological polar surface area (TPSA) is 41.9 Å². The molecule has 1 aliphatic heterocycles. The van der Waals surface area contributed by atoms with Crippen molar-refractivity contribution >= 4 is 48.6 Å². The van der Waals surface area contributed by atoms with E-state index in [1.807, 2.05) is 18.2 Å². The third kappa shape index (κ3) is 4.58. The van der Waals surface area contributed by atoms with Crippen molar-refractivity contribution in [3.8, 4) is 45.0 Å². The lowest BCUT2D eigenvalue weighted by molar-refractivity contribution is 0.752. The van der Waals surface area contributed by atoms with Gasteiger partial charge in [0, 0.05) is 42.6 Å². The predicted octanol–water partition coefficient (Wildman–Crippen LogP) is 13.4. The molecule has 12 rings (SSSR count). The van der Waals surface area contributed by atoms with Gasteiger partial charge in [0.25, 0.3) is 0 Å². The Bertz CT molecular complexity index is 3160. The number of hydrogen-bond acceptors (Lipinski definition) is 5. The van der Waals surface area contributed by atoms with Crippen LogP contribution in [0.3, 0.4) is 0 Å². The van der Waals surface area contributed by atoms with E-state index in [0.717, 1.165) is 33.8 Å². The van der Waals surface area contributed by atoms with Crippen LogP contribution in [0, 0.1) is 0 Å². The molecule has 8 aromatic carbocycles. The summed E-state index contributed by atoms with van der Waals surface area (Å²) in [5.74, 6) is 0.621. The van der Waals surface area contributed by atoms with Gasteiger partial charge in [-0.05, 0) is 75.8 Å². The summed E-state index contributed by atoms with van der Waals surface area (Å²) >= 11 is 1.78. The van der Waals surface area contributed by atoms with Gasteiger partial charge in [-0.25, -0.2) is 4.98 Å². The van der Waals surface area contributed by atoms with Crippen LogP contribution in [0.4, 0.5) is 17.1 Å². The first-order valence-corrected chi connectivity index (χ1v) is 20.1. The monoisotopic (exact) mass is 744 g/mol. The first-order valence-electron chi connectivity index (χ1n) is 19.3. The van der Waals surface area contributed by atoms with Gasteiger partial charge in [0.1, 0.15) is 11.4 Å². The number of hydrogen-bond donors (Lipinski definition) is 0. The van der Waals surface area contributed by atoms with Crippen molar-refractivity contribution in [2.75, 3.05) is 4.90 Å². The minimum atomic E-state index is -0.531. The second-order valence-corrected chi connectivity index (χ2v) is 15.8. The normalized spacial score (nSPS) is 13.4. The summed E-state index contributed by atoms with van der Waals surface area (Å²) in [5, 5.41) is 12.3. The van der Waals surface area contributed by atoms with E-state index in [-0.39, 0.29) is 0 Å². The lowest BCUT2D eigenvalue weighted by Crippen LogP contribution is -2.36. The first kappa shape index (κ1) is 32.1. The molecule has 0 N–H and O–H groups in total. The van der Waals surface area contributed by atoms with Crippen molar-refractivity contribution in [1.82, 2.24) is 15.2 Å². The van der Waals surface area contributed by atoms with Crippen LogP contribution in [0.25, 0.3) is 65.2 Å². The Balaban J connectivity index is 1.11. The van der Waals surface area contributed by atoms with E-state index in [1.54, 1.807) is 11.3 Å². The molecule has 0 amide bonds. The van der Waals surface area contributed by atoms with Crippen molar-refractivity contribution in [2.45, 2.75) is 5.41 Å². The summed E-state index contributed by atoms with van der Waals surface area (Å²) < 4.78 is 2.42. The van der Waals surface area contributed by atoms with Crippen LogP contribution in [-0.2, 0) is 5.41 Å². The van der Waals surface area contributed by atoms with Gasteiger partial charge in [-0.15, -0.1) is 21.5 Å². The number of benzene rings is 8. The Morgan fingerprint density at radius 2 is 1.04 bits per heavy atom. The van der Waals surface area contributed by atoms with E-state index in [1.165, 1.54) is 64.9 Å². The SMILES string of the molecule is c1ccc(-c2nnc(-c3cccc4c3sc3ccccc34)nc2-c2ccc3c(c2)-c2ccccc2C32c3ccccc3N(c3ccccc3)c3ccccc32)cc1. The lowest BCUT2D eigenvalue weighted by Gasteiger charge is -2.45. The molecule has 5 heteroatoms. The van der Waals surface area contributed by atoms with E-state index in [0.29, 0.717) is 5.82 Å². The summed E-state index contributed by atoms with van der Waals surface area (Å²) in [7, 11) is 0.